The number of hydrogen-bond donors (Lipinski definition) is 1. The Morgan fingerprint density at radius 1 is 1.05 bits per heavy atom. The number of amides is 1. The molecule has 1 amide bonds. The lowest BCUT2D eigenvalue weighted by atomic mass is 10.1. The zero-order valence-electron chi connectivity index (χ0n) is 11.7. The molecule has 0 saturated heterocycles. The molecule has 0 aliphatic heterocycles. The van der Waals surface area contributed by atoms with E-state index >= 15 is 0 Å². The summed E-state index contributed by atoms with van der Waals surface area (Å²) in [5.74, 6) is -0.0490. The van der Waals surface area contributed by atoms with Crippen LogP contribution in [-0.4, -0.2) is 18.5 Å². The van der Waals surface area contributed by atoms with E-state index in [-0.39, 0.29) is 5.91 Å². The Hall–Kier alpha value is -2.13. The van der Waals surface area contributed by atoms with Crippen LogP contribution >= 0.6 is 0 Å². The number of carbonyl (C=O) groups excluding carboxylic acids is 1. The molecule has 20 heavy (non-hydrogen) atoms. The van der Waals surface area contributed by atoms with Gasteiger partial charge in [-0.05, 0) is 31.0 Å². The van der Waals surface area contributed by atoms with Crippen LogP contribution in [0, 0.1) is 0 Å². The molecule has 2 aromatic rings. The van der Waals surface area contributed by atoms with Crippen LogP contribution < -0.4 is 10.6 Å². The first-order valence-corrected chi connectivity index (χ1v) is 6.84. The summed E-state index contributed by atoms with van der Waals surface area (Å²) in [4.78, 5) is 14.0. The summed E-state index contributed by atoms with van der Waals surface area (Å²) in [7, 11) is 0. The first-order valence-electron chi connectivity index (χ1n) is 6.84. The Morgan fingerprint density at radius 2 is 1.60 bits per heavy atom. The van der Waals surface area contributed by atoms with E-state index in [1.807, 2.05) is 48.5 Å². The Labute approximate surface area is 120 Å². The van der Waals surface area contributed by atoms with Crippen molar-refractivity contribution in [3.05, 3.63) is 66.2 Å². The number of rotatable bonds is 5. The highest BCUT2D eigenvalue weighted by Gasteiger charge is 2.18. The van der Waals surface area contributed by atoms with Crippen LogP contribution in [0.4, 0.5) is 5.69 Å². The number of anilines is 1. The Kier molecular flexibility index (Phi) is 4.91. The van der Waals surface area contributed by atoms with E-state index in [1.54, 1.807) is 11.8 Å². The molecule has 0 fully saturated rings. The number of carbonyl (C=O) groups is 1. The van der Waals surface area contributed by atoms with Crippen molar-refractivity contribution in [2.45, 2.75) is 19.4 Å². The predicted octanol–water partition coefficient (Wildman–Crippen LogP) is 2.61. The van der Waals surface area contributed by atoms with Crippen molar-refractivity contribution in [1.82, 2.24) is 0 Å². The zero-order valence-corrected chi connectivity index (χ0v) is 11.7. The first-order chi connectivity index (χ1) is 9.68. The smallest absolute Gasteiger partial charge is 0.243 e. The van der Waals surface area contributed by atoms with Gasteiger partial charge < -0.3 is 10.6 Å². The van der Waals surface area contributed by atoms with Gasteiger partial charge in [0.05, 0.1) is 6.04 Å². The molecule has 1 atom stereocenters. The van der Waals surface area contributed by atoms with E-state index in [0.717, 1.165) is 12.1 Å². The molecule has 0 heterocycles. The molecule has 0 unspecified atom stereocenters. The van der Waals surface area contributed by atoms with Crippen molar-refractivity contribution in [2.75, 3.05) is 11.4 Å². The average molecular weight is 268 g/mol. The van der Waals surface area contributed by atoms with E-state index in [2.05, 4.69) is 12.1 Å². The molecule has 0 spiro atoms. The third-order valence-corrected chi connectivity index (χ3v) is 3.19. The maximum atomic E-state index is 12.3. The minimum atomic E-state index is -0.494. The van der Waals surface area contributed by atoms with Gasteiger partial charge >= 0.3 is 0 Å². The van der Waals surface area contributed by atoms with Crippen LogP contribution in [0.1, 0.15) is 12.5 Å². The van der Waals surface area contributed by atoms with Gasteiger partial charge in [0.2, 0.25) is 5.91 Å². The summed E-state index contributed by atoms with van der Waals surface area (Å²) in [6, 6.07) is 19.3. The lowest BCUT2D eigenvalue weighted by molar-refractivity contribution is -0.119. The Balaban J connectivity index is 2.13. The summed E-state index contributed by atoms with van der Waals surface area (Å²) < 4.78 is 0. The van der Waals surface area contributed by atoms with Gasteiger partial charge in [0.15, 0.2) is 0 Å². The van der Waals surface area contributed by atoms with Crippen LogP contribution in [0.25, 0.3) is 0 Å². The standard InChI is InChI=1S/C17H20N2O/c1-14(18)17(20)19(16-10-6-3-7-11-16)13-12-15-8-4-2-5-9-15/h2-11,14H,12-13,18H2,1H3/t14-/m1/s1. The molecule has 2 N–H and O–H groups in total. The largest absolute Gasteiger partial charge is 0.320 e. The number of nitrogens with two attached hydrogens (primary N) is 1. The number of hydrogen-bond acceptors (Lipinski definition) is 2. The summed E-state index contributed by atoms with van der Waals surface area (Å²) in [6.07, 6.45) is 0.814. The van der Waals surface area contributed by atoms with Gasteiger partial charge in [-0.25, -0.2) is 0 Å². The molecule has 0 aliphatic rings. The fraction of sp³-hybridized carbons (Fsp3) is 0.235. The average Bonchev–Trinajstić information content (AvgIpc) is 2.49. The number of benzene rings is 2. The van der Waals surface area contributed by atoms with Crippen LogP contribution in [-0.2, 0) is 11.2 Å². The van der Waals surface area contributed by atoms with Crippen LogP contribution in [0.15, 0.2) is 60.7 Å². The SMILES string of the molecule is C[C@@H](N)C(=O)N(CCc1ccccc1)c1ccccc1. The maximum absolute atomic E-state index is 12.3. The summed E-state index contributed by atoms with van der Waals surface area (Å²) in [5.41, 5.74) is 7.86. The topological polar surface area (TPSA) is 46.3 Å². The molecule has 3 nitrogen and oxygen atoms in total. The third kappa shape index (κ3) is 3.68. The van der Waals surface area contributed by atoms with Crippen molar-refractivity contribution < 1.29 is 4.79 Å². The van der Waals surface area contributed by atoms with Gasteiger partial charge in [-0.1, -0.05) is 48.5 Å². The molecule has 0 aliphatic carbocycles. The second kappa shape index (κ2) is 6.87. The van der Waals surface area contributed by atoms with Gasteiger partial charge in [-0.15, -0.1) is 0 Å². The summed E-state index contributed by atoms with van der Waals surface area (Å²) >= 11 is 0. The predicted molar refractivity (Wildman–Crippen MR) is 82.6 cm³/mol. The van der Waals surface area contributed by atoms with Crippen molar-refractivity contribution >= 4 is 11.6 Å². The van der Waals surface area contributed by atoms with Crippen LogP contribution in [0.2, 0.25) is 0 Å². The van der Waals surface area contributed by atoms with Crippen molar-refractivity contribution in [1.29, 1.82) is 0 Å². The van der Waals surface area contributed by atoms with E-state index in [9.17, 15) is 4.79 Å². The van der Waals surface area contributed by atoms with E-state index in [1.165, 1.54) is 5.56 Å². The third-order valence-electron chi connectivity index (χ3n) is 3.19. The molecule has 2 rings (SSSR count). The van der Waals surface area contributed by atoms with E-state index in [4.69, 9.17) is 5.73 Å². The van der Waals surface area contributed by atoms with Crippen LogP contribution in [0.3, 0.4) is 0 Å². The van der Waals surface area contributed by atoms with Crippen molar-refractivity contribution in [3.8, 4) is 0 Å². The second-order valence-electron chi connectivity index (χ2n) is 4.85. The van der Waals surface area contributed by atoms with Crippen LogP contribution in [0.5, 0.6) is 0 Å². The van der Waals surface area contributed by atoms with E-state index in [0.29, 0.717) is 6.54 Å². The minimum Gasteiger partial charge on any atom is -0.320 e. The molecule has 3 heteroatoms. The molecule has 0 aromatic heterocycles. The highest BCUT2D eigenvalue weighted by atomic mass is 16.2. The Bertz CT molecular complexity index is 537. The van der Waals surface area contributed by atoms with Gasteiger partial charge in [-0.2, -0.15) is 0 Å². The summed E-state index contributed by atoms with van der Waals surface area (Å²) in [6.45, 7) is 2.36. The zero-order chi connectivity index (χ0) is 14.4. The molecular weight excluding hydrogens is 248 g/mol. The molecule has 2 aromatic carbocycles. The second-order valence-corrected chi connectivity index (χ2v) is 4.85. The highest BCUT2D eigenvalue weighted by Crippen LogP contribution is 2.15. The minimum absolute atomic E-state index is 0.0490. The normalized spacial score (nSPS) is 11.9. The van der Waals surface area contributed by atoms with Gasteiger partial charge in [0, 0.05) is 12.2 Å². The molecule has 0 bridgehead atoms. The Morgan fingerprint density at radius 3 is 2.15 bits per heavy atom. The molecule has 0 saturated carbocycles. The summed E-state index contributed by atoms with van der Waals surface area (Å²) in [5, 5.41) is 0. The molecular formula is C17H20N2O. The van der Waals surface area contributed by atoms with Crippen molar-refractivity contribution in [2.24, 2.45) is 5.73 Å². The van der Waals surface area contributed by atoms with Gasteiger partial charge in [0.1, 0.15) is 0 Å². The molecule has 0 radical (unpaired) electrons. The number of nitrogens with zero attached hydrogens (tertiary/aromatic N) is 1. The molecule has 104 valence electrons. The first kappa shape index (κ1) is 14.3. The van der Waals surface area contributed by atoms with E-state index < -0.39 is 6.04 Å². The monoisotopic (exact) mass is 268 g/mol. The lowest BCUT2D eigenvalue weighted by Gasteiger charge is -2.24. The van der Waals surface area contributed by atoms with Gasteiger partial charge in [0.25, 0.3) is 0 Å². The maximum Gasteiger partial charge on any atom is 0.243 e. The van der Waals surface area contributed by atoms with Gasteiger partial charge in [-0.3, -0.25) is 4.79 Å². The number of para-hydroxylation sites is 1. The quantitative estimate of drug-likeness (QED) is 0.906. The highest BCUT2D eigenvalue weighted by molar-refractivity contribution is 5.96. The fourth-order valence-corrected chi connectivity index (χ4v) is 2.11. The lowest BCUT2D eigenvalue weighted by Crippen LogP contribution is -2.43. The fourth-order valence-electron chi connectivity index (χ4n) is 2.11. The van der Waals surface area contributed by atoms with Crippen molar-refractivity contribution in [3.63, 3.8) is 0 Å².